The van der Waals surface area contributed by atoms with Gasteiger partial charge in [0.25, 0.3) is 0 Å². The number of benzene rings is 1. The minimum absolute atomic E-state index is 0.302. The van der Waals surface area contributed by atoms with Crippen LogP contribution < -0.4 is 4.90 Å². The van der Waals surface area contributed by atoms with Crippen LogP contribution in [0.1, 0.15) is 31.5 Å². The lowest BCUT2D eigenvalue weighted by atomic mass is 10.0. The minimum atomic E-state index is -0.401. The van der Waals surface area contributed by atoms with Gasteiger partial charge in [-0.15, -0.1) is 11.8 Å². The van der Waals surface area contributed by atoms with Crippen LogP contribution in [0.25, 0.3) is 0 Å². The van der Waals surface area contributed by atoms with E-state index in [0.29, 0.717) is 17.1 Å². The predicted molar refractivity (Wildman–Crippen MR) is 105 cm³/mol. The van der Waals surface area contributed by atoms with E-state index in [4.69, 9.17) is 16.3 Å². The Kier molecular flexibility index (Phi) is 4.73. The lowest BCUT2D eigenvalue weighted by Gasteiger charge is -2.21. The lowest BCUT2D eigenvalue weighted by molar-refractivity contribution is -0.0100. The largest absolute Gasteiger partial charge is 0.364 e. The third-order valence-electron chi connectivity index (χ3n) is 4.67. The molecule has 1 unspecified atom stereocenters. The fraction of sp³-hybridized carbons (Fsp3) is 0.444. The molecule has 0 amide bonds. The van der Waals surface area contributed by atoms with Crippen molar-refractivity contribution in [2.75, 3.05) is 18.0 Å². The van der Waals surface area contributed by atoms with Gasteiger partial charge in [0.1, 0.15) is 11.4 Å². The van der Waals surface area contributed by atoms with Gasteiger partial charge < -0.3 is 9.64 Å². The van der Waals surface area contributed by atoms with Crippen molar-refractivity contribution >= 4 is 45.1 Å². The smallest absolute Gasteiger partial charge is 0.224 e. The molecule has 4 nitrogen and oxygen atoms in total. The molecule has 0 spiro atoms. The molecule has 0 saturated carbocycles. The first-order valence-corrected chi connectivity index (χ1v) is 10.4. The van der Waals surface area contributed by atoms with E-state index in [2.05, 4.69) is 55.1 Å². The molecular formula is C18H19BrClN3OS. The molecule has 1 atom stereocenters. The van der Waals surface area contributed by atoms with Gasteiger partial charge in [-0.05, 0) is 56.1 Å². The van der Waals surface area contributed by atoms with E-state index in [1.165, 1.54) is 4.90 Å². The molecule has 1 fully saturated rings. The van der Waals surface area contributed by atoms with Crippen molar-refractivity contribution < 1.29 is 4.74 Å². The number of fused-ring (bicyclic) bond motifs is 1. The second-order valence-corrected chi connectivity index (χ2v) is 9.50. The van der Waals surface area contributed by atoms with Gasteiger partial charge in [0.05, 0.1) is 12.3 Å². The van der Waals surface area contributed by atoms with Crippen molar-refractivity contribution in [2.24, 2.45) is 0 Å². The number of halogens is 2. The fourth-order valence-corrected chi connectivity index (χ4v) is 4.97. The quantitative estimate of drug-likeness (QED) is 0.626. The molecule has 0 N–H and O–H groups in total. The molecular weight excluding hydrogens is 422 g/mol. The first-order chi connectivity index (χ1) is 11.9. The molecule has 1 aromatic heterocycles. The summed E-state index contributed by atoms with van der Waals surface area (Å²) < 4.78 is 7.01. The molecule has 0 aliphatic carbocycles. The van der Waals surface area contributed by atoms with Crippen LogP contribution in [-0.4, -0.2) is 28.3 Å². The summed E-state index contributed by atoms with van der Waals surface area (Å²) in [5.74, 6) is 0.944. The maximum atomic E-state index is 6.20. The molecule has 25 heavy (non-hydrogen) atoms. The van der Waals surface area contributed by atoms with Crippen LogP contribution in [0.15, 0.2) is 33.6 Å². The van der Waals surface area contributed by atoms with Crippen molar-refractivity contribution in [1.82, 2.24) is 9.97 Å². The Hall–Kier alpha value is -0.820. The topological polar surface area (TPSA) is 38.2 Å². The zero-order valence-corrected chi connectivity index (χ0v) is 17.3. The maximum absolute atomic E-state index is 6.20. The number of rotatable bonds is 3. The van der Waals surface area contributed by atoms with Crippen LogP contribution in [0.3, 0.4) is 0 Å². The van der Waals surface area contributed by atoms with Crippen molar-refractivity contribution in [3.05, 3.63) is 45.3 Å². The Balaban J connectivity index is 1.54. The summed E-state index contributed by atoms with van der Waals surface area (Å²) in [4.78, 5) is 12.6. The van der Waals surface area contributed by atoms with E-state index < -0.39 is 5.60 Å². The highest BCUT2D eigenvalue weighted by molar-refractivity contribution is 9.10. The third-order valence-corrected chi connectivity index (χ3v) is 6.63. The summed E-state index contributed by atoms with van der Waals surface area (Å²) >= 11 is 11.6. The zero-order valence-electron chi connectivity index (χ0n) is 14.1. The van der Waals surface area contributed by atoms with Crippen molar-refractivity contribution in [3.63, 3.8) is 0 Å². The van der Waals surface area contributed by atoms with E-state index in [0.717, 1.165) is 41.1 Å². The summed E-state index contributed by atoms with van der Waals surface area (Å²) in [5, 5.41) is 0.845. The van der Waals surface area contributed by atoms with Crippen LogP contribution in [0.5, 0.6) is 0 Å². The second-order valence-electron chi connectivity index (χ2n) is 6.87. The third kappa shape index (κ3) is 3.54. The molecule has 1 saturated heterocycles. The Labute approximate surface area is 165 Å². The van der Waals surface area contributed by atoms with E-state index in [1.807, 2.05) is 25.6 Å². The highest BCUT2D eigenvalue weighted by atomic mass is 79.9. The molecule has 2 aliphatic heterocycles. The van der Waals surface area contributed by atoms with E-state index in [1.54, 1.807) is 0 Å². The average Bonchev–Trinajstić information content (AvgIpc) is 3.14. The molecule has 4 rings (SSSR count). The summed E-state index contributed by atoms with van der Waals surface area (Å²) in [6.45, 7) is 6.55. The van der Waals surface area contributed by atoms with Gasteiger partial charge in [0, 0.05) is 33.3 Å². The van der Waals surface area contributed by atoms with Crippen molar-refractivity contribution in [1.29, 1.82) is 0 Å². The van der Waals surface area contributed by atoms with Gasteiger partial charge in [0.15, 0.2) is 0 Å². The van der Waals surface area contributed by atoms with Gasteiger partial charge in [0.2, 0.25) is 5.28 Å². The van der Waals surface area contributed by atoms with Crippen LogP contribution in [0.2, 0.25) is 5.28 Å². The molecule has 0 bridgehead atoms. The number of aromatic nitrogens is 2. The maximum Gasteiger partial charge on any atom is 0.224 e. The highest BCUT2D eigenvalue weighted by Gasteiger charge is 2.37. The predicted octanol–water partition coefficient (Wildman–Crippen LogP) is 5.03. The summed E-state index contributed by atoms with van der Waals surface area (Å²) in [6, 6.07) is 8.50. The summed E-state index contributed by atoms with van der Waals surface area (Å²) in [7, 11) is 0. The zero-order chi connectivity index (χ0) is 17.6. The second kappa shape index (κ2) is 6.72. The SMILES string of the molecule is CC1(C)OCc2c(N3CCC(Sc4ccc(Br)cc4)C3)nc(Cl)nc21. The fourth-order valence-electron chi connectivity index (χ4n) is 3.38. The van der Waals surface area contributed by atoms with Crippen molar-refractivity contribution in [2.45, 2.75) is 42.6 Å². The van der Waals surface area contributed by atoms with Crippen LogP contribution >= 0.6 is 39.3 Å². The Morgan fingerprint density at radius 2 is 2.04 bits per heavy atom. The first-order valence-electron chi connectivity index (χ1n) is 8.30. The van der Waals surface area contributed by atoms with Gasteiger partial charge in [-0.1, -0.05) is 15.9 Å². The number of hydrogen-bond acceptors (Lipinski definition) is 5. The molecule has 7 heteroatoms. The monoisotopic (exact) mass is 439 g/mol. The lowest BCUT2D eigenvalue weighted by Crippen LogP contribution is -2.24. The molecule has 1 aromatic carbocycles. The summed E-state index contributed by atoms with van der Waals surface area (Å²) in [5.41, 5.74) is 1.61. The Bertz CT molecular complexity index is 800. The number of thioether (sulfide) groups is 1. The molecule has 2 aliphatic rings. The van der Waals surface area contributed by atoms with E-state index in [9.17, 15) is 0 Å². The van der Waals surface area contributed by atoms with Gasteiger partial charge in [-0.2, -0.15) is 0 Å². The molecule has 3 heterocycles. The number of ether oxygens (including phenoxy) is 1. The molecule has 0 radical (unpaired) electrons. The Morgan fingerprint density at radius 3 is 2.80 bits per heavy atom. The molecule has 2 aromatic rings. The minimum Gasteiger partial charge on any atom is -0.364 e. The van der Waals surface area contributed by atoms with Gasteiger partial charge >= 0.3 is 0 Å². The standard InChI is InChI=1S/C18H19BrClN3OS/c1-18(2)15-14(10-24-18)16(22-17(20)21-15)23-8-7-13(9-23)25-12-5-3-11(19)4-6-12/h3-6,13H,7-10H2,1-2H3. The Morgan fingerprint density at radius 1 is 1.28 bits per heavy atom. The van der Waals surface area contributed by atoms with Crippen LogP contribution in [0.4, 0.5) is 5.82 Å². The van der Waals surface area contributed by atoms with Gasteiger partial charge in [-0.25, -0.2) is 9.97 Å². The number of anilines is 1. The summed E-state index contributed by atoms with van der Waals surface area (Å²) in [6.07, 6.45) is 1.13. The normalized spacial score (nSPS) is 21.6. The number of nitrogens with zero attached hydrogens (tertiary/aromatic N) is 3. The van der Waals surface area contributed by atoms with Gasteiger partial charge in [-0.3, -0.25) is 0 Å². The number of hydrogen-bond donors (Lipinski definition) is 0. The first kappa shape index (κ1) is 17.6. The average molecular weight is 441 g/mol. The molecule has 132 valence electrons. The van der Waals surface area contributed by atoms with Crippen LogP contribution in [0, 0.1) is 0 Å². The highest BCUT2D eigenvalue weighted by Crippen LogP contribution is 2.41. The van der Waals surface area contributed by atoms with Crippen molar-refractivity contribution in [3.8, 4) is 0 Å². The van der Waals surface area contributed by atoms with E-state index >= 15 is 0 Å². The van der Waals surface area contributed by atoms with E-state index in [-0.39, 0.29) is 0 Å². The van der Waals surface area contributed by atoms with Crippen LogP contribution in [-0.2, 0) is 16.9 Å².